The third kappa shape index (κ3) is 3.12. The van der Waals surface area contributed by atoms with Crippen LogP contribution in [0.1, 0.15) is 17.0 Å². The number of carbonyl (C=O) groups is 1. The molecule has 4 aromatic rings. The molecule has 0 fully saturated rings. The summed E-state index contributed by atoms with van der Waals surface area (Å²) in [5, 5.41) is 10.4. The average Bonchev–Trinajstić information content (AvgIpc) is 3.20. The quantitative estimate of drug-likeness (QED) is 0.549. The molecular formula is C22H14FN3O3. The molecule has 6 nitrogen and oxygen atoms in total. The first-order valence-electron chi connectivity index (χ1n) is 8.95. The van der Waals surface area contributed by atoms with E-state index in [0.29, 0.717) is 17.1 Å². The fraction of sp³-hybridized carbons (Fsp3) is 0.0455. The molecule has 1 aliphatic heterocycles. The van der Waals surface area contributed by atoms with Gasteiger partial charge in [-0.1, -0.05) is 47.6 Å². The Morgan fingerprint density at radius 3 is 2.28 bits per heavy atom. The minimum Gasteiger partial charge on any atom is -0.457 e. The molecule has 142 valence electrons. The highest BCUT2D eigenvalue weighted by atomic mass is 19.1. The summed E-state index contributed by atoms with van der Waals surface area (Å²) >= 11 is 0. The van der Waals surface area contributed by atoms with Gasteiger partial charge in [-0.05, 0) is 30.3 Å². The summed E-state index contributed by atoms with van der Waals surface area (Å²) in [4.78, 5) is 13.1. The van der Waals surface area contributed by atoms with E-state index in [-0.39, 0.29) is 17.8 Å². The molecule has 0 atom stereocenters. The third-order valence-corrected chi connectivity index (χ3v) is 4.67. The van der Waals surface area contributed by atoms with Crippen LogP contribution in [-0.4, -0.2) is 16.1 Å². The van der Waals surface area contributed by atoms with Crippen molar-refractivity contribution >= 4 is 11.9 Å². The molecule has 1 aromatic heterocycles. The van der Waals surface area contributed by atoms with Gasteiger partial charge in [0.15, 0.2) is 0 Å². The van der Waals surface area contributed by atoms with Crippen molar-refractivity contribution in [3.63, 3.8) is 0 Å². The molecule has 0 aliphatic carbocycles. The number of para-hydroxylation sites is 2. The SMILES string of the molecule is O=C(Nc1nnc(-c2cccc(F)c2)o1)C1c2ccccc2Oc2ccccc21. The Morgan fingerprint density at radius 1 is 0.897 bits per heavy atom. The smallest absolute Gasteiger partial charge is 0.322 e. The fourth-order valence-corrected chi connectivity index (χ4v) is 3.38. The molecule has 1 N–H and O–H groups in total. The van der Waals surface area contributed by atoms with Crippen LogP contribution in [-0.2, 0) is 4.79 Å². The number of carbonyl (C=O) groups excluding carboxylic acids is 1. The van der Waals surface area contributed by atoms with Gasteiger partial charge in [0.05, 0.1) is 5.92 Å². The normalized spacial score (nSPS) is 12.6. The minimum absolute atomic E-state index is 0.0595. The summed E-state index contributed by atoms with van der Waals surface area (Å²) < 4.78 is 24.8. The molecule has 29 heavy (non-hydrogen) atoms. The number of aromatic nitrogens is 2. The van der Waals surface area contributed by atoms with Gasteiger partial charge >= 0.3 is 6.01 Å². The van der Waals surface area contributed by atoms with Gasteiger partial charge < -0.3 is 9.15 Å². The summed E-state index contributed by atoms with van der Waals surface area (Å²) in [6, 6.07) is 20.5. The van der Waals surface area contributed by atoms with Crippen molar-refractivity contribution in [2.24, 2.45) is 0 Å². The molecule has 0 saturated heterocycles. The summed E-state index contributed by atoms with van der Waals surface area (Å²) in [6.07, 6.45) is 0. The number of rotatable bonds is 3. The summed E-state index contributed by atoms with van der Waals surface area (Å²) in [5.74, 6) is 0.0206. The highest BCUT2D eigenvalue weighted by Gasteiger charge is 2.33. The maximum Gasteiger partial charge on any atom is 0.322 e. The highest BCUT2D eigenvalue weighted by Crippen LogP contribution is 2.44. The zero-order chi connectivity index (χ0) is 19.8. The van der Waals surface area contributed by atoms with Gasteiger partial charge in [-0.25, -0.2) is 4.39 Å². The lowest BCUT2D eigenvalue weighted by Gasteiger charge is -2.26. The van der Waals surface area contributed by atoms with Crippen molar-refractivity contribution in [1.82, 2.24) is 10.2 Å². The zero-order valence-electron chi connectivity index (χ0n) is 15.0. The Kier molecular flexibility index (Phi) is 4.05. The van der Waals surface area contributed by atoms with E-state index in [0.717, 1.165) is 11.1 Å². The van der Waals surface area contributed by atoms with E-state index in [1.807, 2.05) is 48.5 Å². The van der Waals surface area contributed by atoms with Gasteiger partial charge in [-0.2, -0.15) is 0 Å². The predicted octanol–water partition coefficient (Wildman–Crippen LogP) is 4.75. The van der Waals surface area contributed by atoms with Gasteiger partial charge in [-0.15, -0.1) is 5.10 Å². The largest absolute Gasteiger partial charge is 0.457 e. The molecule has 1 amide bonds. The van der Waals surface area contributed by atoms with E-state index >= 15 is 0 Å². The van der Waals surface area contributed by atoms with E-state index in [2.05, 4.69) is 15.5 Å². The summed E-state index contributed by atoms with van der Waals surface area (Å²) in [6.45, 7) is 0. The lowest BCUT2D eigenvalue weighted by atomic mass is 9.87. The van der Waals surface area contributed by atoms with Gasteiger partial charge in [-0.3, -0.25) is 10.1 Å². The van der Waals surface area contributed by atoms with Crippen molar-refractivity contribution in [1.29, 1.82) is 0 Å². The van der Waals surface area contributed by atoms with E-state index in [1.165, 1.54) is 12.1 Å². The van der Waals surface area contributed by atoms with Crippen LogP contribution in [0.5, 0.6) is 11.5 Å². The molecule has 5 rings (SSSR count). The highest BCUT2D eigenvalue weighted by molar-refractivity contribution is 5.98. The van der Waals surface area contributed by atoms with Crippen molar-refractivity contribution in [2.45, 2.75) is 5.92 Å². The lowest BCUT2D eigenvalue weighted by molar-refractivity contribution is -0.117. The second-order valence-electron chi connectivity index (χ2n) is 6.52. The molecule has 0 bridgehead atoms. The van der Waals surface area contributed by atoms with Gasteiger partial charge in [0.2, 0.25) is 11.8 Å². The summed E-state index contributed by atoms with van der Waals surface area (Å²) in [7, 11) is 0. The summed E-state index contributed by atoms with van der Waals surface area (Å²) in [5.41, 5.74) is 1.92. The molecular weight excluding hydrogens is 373 g/mol. The zero-order valence-corrected chi connectivity index (χ0v) is 15.0. The topological polar surface area (TPSA) is 77.3 Å². The Hall–Kier alpha value is -4.00. The predicted molar refractivity (Wildman–Crippen MR) is 103 cm³/mol. The van der Waals surface area contributed by atoms with Crippen molar-refractivity contribution in [3.8, 4) is 23.0 Å². The van der Waals surface area contributed by atoms with Crippen LogP contribution < -0.4 is 10.1 Å². The van der Waals surface area contributed by atoms with Crippen LogP contribution in [0.4, 0.5) is 10.4 Å². The first kappa shape index (κ1) is 17.1. The van der Waals surface area contributed by atoms with Crippen LogP contribution in [0.15, 0.2) is 77.2 Å². The number of fused-ring (bicyclic) bond motifs is 2. The molecule has 0 unspecified atom stereocenters. The number of amides is 1. The van der Waals surface area contributed by atoms with Crippen LogP contribution in [0, 0.1) is 5.82 Å². The lowest BCUT2D eigenvalue weighted by Crippen LogP contribution is -2.25. The third-order valence-electron chi connectivity index (χ3n) is 4.67. The first-order chi connectivity index (χ1) is 14.2. The van der Waals surface area contributed by atoms with E-state index in [9.17, 15) is 9.18 Å². The second-order valence-corrected chi connectivity index (χ2v) is 6.52. The minimum atomic E-state index is -0.597. The first-order valence-corrected chi connectivity index (χ1v) is 8.95. The monoisotopic (exact) mass is 387 g/mol. The number of benzene rings is 3. The van der Waals surface area contributed by atoms with E-state index < -0.39 is 11.7 Å². The van der Waals surface area contributed by atoms with Crippen molar-refractivity contribution in [2.75, 3.05) is 5.32 Å². The maximum atomic E-state index is 13.4. The number of hydrogen-bond acceptors (Lipinski definition) is 5. The van der Waals surface area contributed by atoms with Crippen LogP contribution in [0.3, 0.4) is 0 Å². The van der Waals surface area contributed by atoms with Crippen molar-refractivity contribution < 1.29 is 18.3 Å². The Bertz CT molecular complexity index is 1180. The average molecular weight is 387 g/mol. The number of halogens is 1. The molecule has 0 saturated carbocycles. The van der Waals surface area contributed by atoms with E-state index in [1.54, 1.807) is 12.1 Å². The van der Waals surface area contributed by atoms with Gasteiger partial charge in [0, 0.05) is 16.7 Å². The molecule has 0 radical (unpaired) electrons. The van der Waals surface area contributed by atoms with Gasteiger partial charge in [0.25, 0.3) is 0 Å². The number of hydrogen-bond donors (Lipinski definition) is 1. The standard InChI is InChI=1S/C22H14FN3O3/c23-14-7-5-6-13(12-14)21-25-26-22(29-21)24-20(27)19-15-8-1-3-10-17(15)28-18-11-4-2-9-16(18)19/h1-12,19H,(H,24,26,27). The molecule has 3 aromatic carbocycles. The van der Waals surface area contributed by atoms with Crippen LogP contribution in [0.2, 0.25) is 0 Å². The second kappa shape index (κ2) is 6.87. The number of ether oxygens (including phenoxy) is 1. The van der Waals surface area contributed by atoms with E-state index in [4.69, 9.17) is 9.15 Å². The Balaban J connectivity index is 1.46. The number of nitrogens with zero attached hydrogens (tertiary/aromatic N) is 2. The Labute approximate surface area is 165 Å². The fourth-order valence-electron chi connectivity index (χ4n) is 3.38. The Morgan fingerprint density at radius 2 is 1.59 bits per heavy atom. The molecule has 1 aliphatic rings. The van der Waals surface area contributed by atoms with Crippen LogP contribution >= 0.6 is 0 Å². The van der Waals surface area contributed by atoms with Crippen molar-refractivity contribution in [3.05, 3.63) is 89.7 Å². The maximum absolute atomic E-state index is 13.4. The van der Waals surface area contributed by atoms with Crippen LogP contribution in [0.25, 0.3) is 11.5 Å². The number of anilines is 1. The molecule has 2 heterocycles. The van der Waals surface area contributed by atoms with Gasteiger partial charge in [0.1, 0.15) is 17.3 Å². The molecule has 0 spiro atoms. The molecule has 7 heteroatoms. The number of nitrogens with one attached hydrogen (secondary N) is 1.